The van der Waals surface area contributed by atoms with Crippen LogP contribution in [0, 0.1) is 20.8 Å². The van der Waals surface area contributed by atoms with Crippen LogP contribution in [0.4, 0.5) is 10.8 Å². The number of nitrogens with zero attached hydrogens (tertiary/aromatic N) is 2. The number of carbonyl (C=O) groups excluding carboxylic acids is 1. The first-order valence-corrected chi connectivity index (χ1v) is 12.1. The first kappa shape index (κ1) is 22.6. The van der Waals surface area contributed by atoms with Crippen LogP contribution in [-0.2, 0) is 4.74 Å². The van der Waals surface area contributed by atoms with Crippen LogP contribution in [0.15, 0.2) is 45.6 Å². The van der Waals surface area contributed by atoms with Gasteiger partial charge in [-0.2, -0.15) is 0 Å². The average molecular weight is 470 g/mol. The number of hydrogen-bond donors (Lipinski definition) is 1. The third kappa shape index (κ3) is 5.26. The maximum atomic E-state index is 13.1. The molecule has 0 bridgehead atoms. The Morgan fingerprint density at radius 1 is 1.12 bits per heavy atom. The molecule has 1 aliphatic rings. The molecule has 3 aromatic rings. The summed E-state index contributed by atoms with van der Waals surface area (Å²) < 4.78 is 12.0. The van der Waals surface area contributed by atoms with E-state index in [-0.39, 0.29) is 5.91 Å². The summed E-state index contributed by atoms with van der Waals surface area (Å²) in [5.41, 5.74) is 5.10. The topological polar surface area (TPSA) is 63.7 Å². The number of methoxy groups -OCH3 is 1. The van der Waals surface area contributed by atoms with Gasteiger partial charge in [-0.3, -0.25) is 4.79 Å². The lowest BCUT2D eigenvalue weighted by Crippen LogP contribution is -2.40. The number of anilines is 2. The summed E-state index contributed by atoms with van der Waals surface area (Å²) in [6.07, 6.45) is 1.87. The Labute approximate surface area is 197 Å². The predicted molar refractivity (Wildman–Crippen MR) is 130 cm³/mol. The van der Waals surface area contributed by atoms with Gasteiger partial charge >= 0.3 is 0 Å². The Morgan fingerprint density at radius 3 is 2.53 bits per heavy atom. The van der Waals surface area contributed by atoms with Gasteiger partial charge in [-0.25, -0.2) is 4.98 Å². The quantitative estimate of drug-likeness (QED) is 0.518. The Bertz CT molecular complexity index is 1100. The van der Waals surface area contributed by atoms with Gasteiger partial charge in [-0.05, 0) is 61.7 Å². The van der Waals surface area contributed by atoms with E-state index in [0.717, 1.165) is 25.5 Å². The molecule has 2 aromatic carbocycles. The summed E-state index contributed by atoms with van der Waals surface area (Å²) in [7, 11) is 1.60. The lowest BCUT2D eigenvalue weighted by molar-refractivity contribution is 0.0300. The molecule has 1 N–H and O–H groups in total. The van der Waals surface area contributed by atoms with Crippen LogP contribution in [-0.4, -0.2) is 49.2 Å². The zero-order valence-corrected chi connectivity index (χ0v) is 20.4. The van der Waals surface area contributed by atoms with E-state index < -0.39 is 0 Å². The van der Waals surface area contributed by atoms with Crippen LogP contribution in [0.1, 0.15) is 27.0 Å². The molecule has 0 spiro atoms. The molecule has 1 saturated heterocycles. The van der Waals surface area contributed by atoms with Gasteiger partial charge in [0.1, 0.15) is 5.75 Å². The molecular formula is C24H27N3O3S2. The minimum Gasteiger partial charge on any atom is -0.496 e. The minimum atomic E-state index is -0.0199. The van der Waals surface area contributed by atoms with Crippen molar-refractivity contribution in [1.29, 1.82) is 0 Å². The number of amides is 1. The maximum Gasteiger partial charge on any atom is 0.257 e. The average Bonchev–Trinajstić information content (AvgIpc) is 3.21. The molecule has 2 heterocycles. The summed E-state index contributed by atoms with van der Waals surface area (Å²) in [5.74, 6) is 0.582. The molecule has 0 aliphatic carbocycles. The van der Waals surface area contributed by atoms with Gasteiger partial charge in [-0.1, -0.05) is 29.2 Å². The summed E-state index contributed by atoms with van der Waals surface area (Å²) in [6.45, 7) is 8.54. The molecular weight excluding hydrogens is 442 g/mol. The fourth-order valence-electron chi connectivity index (χ4n) is 3.69. The van der Waals surface area contributed by atoms with Crippen LogP contribution >= 0.6 is 23.1 Å². The first-order chi connectivity index (χ1) is 15.4. The van der Waals surface area contributed by atoms with Crippen molar-refractivity contribution in [1.82, 2.24) is 9.88 Å². The molecule has 1 aliphatic heterocycles. The SMILES string of the molecule is COc1cc(C)c(Sc2cnc(Nc3cc(C)cc(C)c3)s2)cc1C(=O)N1CCOCC1. The molecule has 1 fully saturated rings. The Morgan fingerprint density at radius 2 is 1.84 bits per heavy atom. The van der Waals surface area contributed by atoms with Crippen molar-refractivity contribution in [2.24, 2.45) is 0 Å². The summed E-state index contributed by atoms with van der Waals surface area (Å²) in [4.78, 5) is 20.5. The van der Waals surface area contributed by atoms with E-state index in [0.29, 0.717) is 37.6 Å². The molecule has 1 amide bonds. The number of carbonyl (C=O) groups is 1. The van der Waals surface area contributed by atoms with E-state index in [9.17, 15) is 4.79 Å². The van der Waals surface area contributed by atoms with E-state index in [2.05, 4.69) is 42.3 Å². The second-order valence-corrected chi connectivity index (χ2v) is 10.2. The standard InChI is InChI=1S/C24H27N3O3S2/c1-15-9-16(2)11-18(10-15)26-24-25-14-22(32-24)31-21-13-19(20(29-4)12-17(21)3)23(28)27-5-7-30-8-6-27/h9-14H,5-8H2,1-4H3,(H,25,26). The Kier molecular flexibility index (Phi) is 7.03. The molecule has 0 atom stereocenters. The monoisotopic (exact) mass is 469 g/mol. The third-order valence-electron chi connectivity index (χ3n) is 5.19. The zero-order chi connectivity index (χ0) is 22.7. The largest absolute Gasteiger partial charge is 0.496 e. The van der Waals surface area contributed by atoms with Crippen LogP contribution in [0.25, 0.3) is 0 Å². The van der Waals surface area contributed by atoms with Crippen molar-refractivity contribution in [2.75, 3.05) is 38.7 Å². The number of aromatic nitrogens is 1. The van der Waals surface area contributed by atoms with E-state index in [1.165, 1.54) is 11.1 Å². The van der Waals surface area contributed by atoms with Gasteiger partial charge in [0.15, 0.2) is 5.13 Å². The fraction of sp³-hybridized carbons (Fsp3) is 0.333. The van der Waals surface area contributed by atoms with Gasteiger partial charge in [0.25, 0.3) is 5.91 Å². The summed E-state index contributed by atoms with van der Waals surface area (Å²) in [6, 6.07) is 10.2. The highest BCUT2D eigenvalue weighted by molar-refractivity contribution is 8.01. The lowest BCUT2D eigenvalue weighted by Gasteiger charge is -2.27. The molecule has 4 rings (SSSR count). The number of benzene rings is 2. The predicted octanol–water partition coefficient (Wildman–Crippen LogP) is 5.44. The number of morpholine rings is 1. The zero-order valence-electron chi connectivity index (χ0n) is 18.7. The number of rotatable bonds is 6. The number of thiazole rings is 1. The smallest absolute Gasteiger partial charge is 0.257 e. The number of aryl methyl sites for hydroxylation is 3. The molecule has 0 unspecified atom stereocenters. The molecule has 0 saturated carbocycles. The molecule has 1 aromatic heterocycles. The van der Waals surface area contributed by atoms with E-state index in [4.69, 9.17) is 9.47 Å². The second kappa shape index (κ2) is 9.94. The Hall–Kier alpha value is -2.55. The van der Waals surface area contributed by atoms with Crippen LogP contribution in [0.5, 0.6) is 5.75 Å². The maximum absolute atomic E-state index is 13.1. The summed E-state index contributed by atoms with van der Waals surface area (Å²) in [5, 5.41) is 4.24. The van der Waals surface area contributed by atoms with Crippen LogP contribution in [0.3, 0.4) is 0 Å². The van der Waals surface area contributed by atoms with Gasteiger partial charge < -0.3 is 19.7 Å². The van der Waals surface area contributed by atoms with E-state index >= 15 is 0 Å². The highest BCUT2D eigenvalue weighted by Gasteiger charge is 2.23. The van der Waals surface area contributed by atoms with E-state index in [1.807, 2.05) is 30.2 Å². The normalized spacial score (nSPS) is 13.8. The van der Waals surface area contributed by atoms with Crippen molar-refractivity contribution < 1.29 is 14.3 Å². The van der Waals surface area contributed by atoms with Crippen molar-refractivity contribution in [3.05, 3.63) is 58.8 Å². The van der Waals surface area contributed by atoms with Crippen molar-refractivity contribution >= 4 is 39.8 Å². The van der Waals surface area contributed by atoms with Gasteiger partial charge in [0, 0.05) is 23.7 Å². The highest BCUT2D eigenvalue weighted by Crippen LogP contribution is 2.39. The van der Waals surface area contributed by atoms with Gasteiger partial charge in [0.05, 0.1) is 36.3 Å². The number of nitrogens with one attached hydrogen (secondary N) is 1. The fourth-order valence-corrected chi connectivity index (χ4v) is 5.65. The van der Waals surface area contributed by atoms with Gasteiger partial charge in [-0.15, -0.1) is 0 Å². The Balaban J connectivity index is 1.54. The number of ether oxygens (including phenoxy) is 2. The van der Waals surface area contributed by atoms with Gasteiger partial charge in [0.2, 0.25) is 0 Å². The molecule has 168 valence electrons. The number of hydrogen-bond acceptors (Lipinski definition) is 7. The van der Waals surface area contributed by atoms with Crippen molar-refractivity contribution in [3.63, 3.8) is 0 Å². The van der Waals surface area contributed by atoms with Crippen LogP contribution in [0.2, 0.25) is 0 Å². The molecule has 6 nitrogen and oxygen atoms in total. The van der Waals surface area contributed by atoms with Crippen molar-refractivity contribution in [3.8, 4) is 5.75 Å². The lowest BCUT2D eigenvalue weighted by atomic mass is 10.1. The van der Waals surface area contributed by atoms with Crippen molar-refractivity contribution in [2.45, 2.75) is 29.9 Å². The highest BCUT2D eigenvalue weighted by atomic mass is 32.2. The van der Waals surface area contributed by atoms with Crippen LogP contribution < -0.4 is 10.1 Å². The molecule has 8 heteroatoms. The summed E-state index contributed by atoms with van der Waals surface area (Å²) >= 11 is 3.21. The van der Waals surface area contributed by atoms with E-state index in [1.54, 1.807) is 30.2 Å². The minimum absolute atomic E-state index is 0.0199. The molecule has 32 heavy (non-hydrogen) atoms. The third-order valence-corrected chi connectivity index (χ3v) is 7.37. The first-order valence-electron chi connectivity index (χ1n) is 10.5. The second-order valence-electron chi connectivity index (χ2n) is 7.81. The molecule has 0 radical (unpaired) electrons.